The van der Waals surface area contributed by atoms with Crippen molar-refractivity contribution in [1.82, 2.24) is 9.78 Å². The van der Waals surface area contributed by atoms with Crippen molar-refractivity contribution in [1.29, 1.82) is 0 Å². The van der Waals surface area contributed by atoms with E-state index in [4.69, 9.17) is 5.11 Å². The maximum atomic E-state index is 11.3. The topological polar surface area (TPSA) is 58.0 Å². The van der Waals surface area contributed by atoms with Crippen LogP contribution in [0.2, 0.25) is 0 Å². The Kier molecular flexibility index (Phi) is 1.66. The number of aromatic amines is 1. The lowest BCUT2D eigenvalue weighted by molar-refractivity contribution is 0.469. The molecule has 0 amide bonds. The molecule has 2 aromatic rings. The summed E-state index contributed by atoms with van der Waals surface area (Å²) in [5.74, 6) is -0.274. The van der Waals surface area contributed by atoms with Gasteiger partial charge in [-0.3, -0.25) is 9.89 Å². The maximum absolute atomic E-state index is 11.3. The van der Waals surface area contributed by atoms with Crippen LogP contribution in [0.1, 0.15) is 0 Å². The number of H-pyrrole nitrogens is 1. The molecule has 1 aromatic heterocycles. The number of nitrogens with zero attached hydrogens (tertiary/aromatic N) is 1. The molecule has 0 bridgehead atoms. The predicted octanol–water partition coefficient (Wildman–Crippen LogP) is 0.871. The number of para-hydroxylation sites is 1. The van der Waals surface area contributed by atoms with Crippen LogP contribution >= 0.6 is 0 Å². The first-order chi connectivity index (χ1) is 6.29. The van der Waals surface area contributed by atoms with Gasteiger partial charge in [0.2, 0.25) is 5.75 Å². The quantitative estimate of drug-likeness (QED) is 0.677. The van der Waals surface area contributed by atoms with Crippen LogP contribution in [-0.4, -0.2) is 14.9 Å². The van der Waals surface area contributed by atoms with Crippen molar-refractivity contribution in [2.45, 2.75) is 0 Å². The van der Waals surface area contributed by atoms with Gasteiger partial charge in [-0.25, -0.2) is 4.68 Å². The molecule has 4 nitrogen and oxygen atoms in total. The van der Waals surface area contributed by atoms with Gasteiger partial charge in [0.05, 0.1) is 11.9 Å². The van der Waals surface area contributed by atoms with Gasteiger partial charge in [0.15, 0.2) is 0 Å². The normalized spacial score (nSPS) is 10.2. The van der Waals surface area contributed by atoms with Crippen molar-refractivity contribution in [3.8, 4) is 11.4 Å². The van der Waals surface area contributed by atoms with E-state index in [-0.39, 0.29) is 5.75 Å². The highest BCUT2D eigenvalue weighted by Gasteiger charge is 2.04. The van der Waals surface area contributed by atoms with Gasteiger partial charge in [-0.05, 0) is 12.1 Å². The number of nitrogens with one attached hydrogen (secondary N) is 1. The monoisotopic (exact) mass is 176 g/mol. The van der Waals surface area contributed by atoms with Crippen molar-refractivity contribution >= 4 is 0 Å². The van der Waals surface area contributed by atoms with Gasteiger partial charge in [0.1, 0.15) is 0 Å². The van der Waals surface area contributed by atoms with Gasteiger partial charge in [-0.15, -0.1) is 0 Å². The van der Waals surface area contributed by atoms with Gasteiger partial charge < -0.3 is 5.11 Å². The summed E-state index contributed by atoms with van der Waals surface area (Å²) in [4.78, 5) is 11.3. The van der Waals surface area contributed by atoms with Gasteiger partial charge in [0.25, 0.3) is 0 Å². The van der Waals surface area contributed by atoms with E-state index in [0.717, 1.165) is 0 Å². The molecule has 0 fully saturated rings. The Bertz CT molecular complexity index is 456. The van der Waals surface area contributed by atoms with E-state index in [1.165, 1.54) is 10.9 Å². The number of aromatic nitrogens is 2. The molecule has 0 aliphatic carbocycles. The largest absolute Gasteiger partial charge is 0.502 e. The fourth-order valence-electron chi connectivity index (χ4n) is 1.13. The molecule has 0 spiro atoms. The highest BCUT2D eigenvalue weighted by atomic mass is 16.3. The van der Waals surface area contributed by atoms with E-state index in [0.29, 0.717) is 5.69 Å². The van der Waals surface area contributed by atoms with E-state index in [2.05, 4.69) is 5.10 Å². The zero-order valence-corrected chi connectivity index (χ0v) is 6.77. The number of rotatable bonds is 1. The van der Waals surface area contributed by atoms with E-state index < -0.39 is 5.56 Å². The third-order valence-electron chi connectivity index (χ3n) is 1.77. The predicted molar refractivity (Wildman–Crippen MR) is 48.1 cm³/mol. The highest BCUT2D eigenvalue weighted by molar-refractivity contribution is 5.31. The van der Waals surface area contributed by atoms with E-state index >= 15 is 0 Å². The van der Waals surface area contributed by atoms with E-state index in [1.54, 1.807) is 12.1 Å². The van der Waals surface area contributed by atoms with Crippen molar-refractivity contribution in [3.05, 3.63) is 46.9 Å². The lowest BCUT2D eigenvalue weighted by Gasteiger charge is -1.98. The van der Waals surface area contributed by atoms with Gasteiger partial charge in [-0.1, -0.05) is 18.2 Å². The number of hydrogen-bond donors (Lipinski definition) is 2. The third kappa shape index (κ3) is 1.22. The molecule has 0 aliphatic rings. The molecule has 66 valence electrons. The molecule has 2 rings (SSSR count). The molecule has 0 atom stereocenters. The summed E-state index contributed by atoms with van der Waals surface area (Å²) in [6.45, 7) is 0. The van der Waals surface area contributed by atoms with Crippen LogP contribution in [0.3, 0.4) is 0 Å². The minimum absolute atomic E-state index is 0.274. The summed E-state index contributed by atoms with van der Waals surface area (Å²) < 4.78 is 1.27. The van der Waals surface area contributed by atoms with Crippen LogP contribution in [0, 0.1) is 0 Å². The Morgan fingerprint density at radius 3 is 2.46 bits per heavy atom. The Labute approximate surface area is 74.1 Å². The summed E-state index contributed by atoms with van der Waals surface area (Å²) >= 11 is 0. The minimum Gasteiger partial charge on any atom is -0.502 e. The first kappa shape index (κ1) is 7.67. The van der Waals surface area contributed by atoms with Crippen molar-refractivity contribution in [3.63, 3.8) is 0 Å². The molecule has 0 unspecified atom stereocenters. The zero-order chi connectivity index (χ0) is 9.26. The van der Waals surface area contributed by atoms with Crippen LogP contribution in [0.4, 0.5) is 0 Å². The zero-order valence-electron chi connectivity index (χ0n) is 6.77. The summed E-state index contributed by atoms with van der Waals surface area (Å²) in [7, 11) is 0. The SMILES string of the molecule is O=c1c(O)c[nH]n1-c1ccccc1. The first-order valence-electron chi connectivity index (χ1n) is 3.84. The first-order valence-corrected chi connectivity index (χ1v) is 3.84. The third-order valence-corrected chi connectivity index (χ3v) is 1.77. The van der Waals surface area contributed by atoms with Crippen LogP contribution in [0.15, 0.2) is 41.3 Å². The van der Waals surface area contributed by atoms with Crippen molar-refractivity contribution in [2.24, 2.45) is 0 Å². The molecule has 0 radical (unpaired) electrons. The molecule has 0 saturated heterocycles. The lowest BCUT2D eigenvalue weighted by atomic mass is 10.3. The standard InChI is InChI=1S/C9H8N2O2/c12-8-6-10-11(9(8)13)7-4-2-1-3-5-7/h1-6,10,12H. The number of hydrogen-bond acceptors (Lipinski definition) is 2. The molecule has 1 heterocycles. The smallest absolute Gasteiger partial charge is 0.313 e. The Morgan fingerprint density at radius 2 is 1.92 bits per heavy atom. The minimum atomic E-state index is -0.439. The van der Waals surface area contributed by atoms with Crippen LogP contribution in [-0.2, 0) is 0 Å². The summed E-state index contributed by atoms with van der Waals surface area (Å²) in [6.07, 6.45) is 1.26. The van der Waals surface area contributed by atoms with Crippen molar-refractivity contribution < 1.29 is 5.11 Å². The molecule has 4 heteroatoms. The van der Waals surface area contributed by atoms with Gasteiger partial charge in [-0.2, -0.15) is 0 Å². The van der Waals surface area contributed by atoms with Crippen LogP contribution in [0.5, 0.6) is 5.75 Å². The van der Waals surface area contributed by atoms with E-state index in [1.807, 2.05) is 18.2 Å². The Balaban J connectivity index is 2.60. The second-order valence-electron chi connectivity index (χ2n) is 2.63. The average molecular weight is 176 g/mol. The molecular weight excluding hydrogens is 168 g/mol. The van der Waals surface area contributed by atoms with Gasteiger partial charge in [0, 0.05) is 0 Å². The van der Waals surface area contributed by atoms with Crippen LogP contribution in [0.25, 0.3) is 5.69 Å². The molecule has 0 saturated carbocycles. The van der Waals surface area contributed by atoms with Crippen molar-refractivity contribution in [2.75, 3.05) is 0 Å². The molecule has 1 aromatic carbocycles. The summed E-state index contributed by atoms with van der Waals surface area (Å²) in [6, 6.07) is 9.05. The summed E-state index contributed by atoms with van der Waals surface area (Å²) in [5.41, 5.74) is 0.263. The second kappa shape index (κ2) is 2.82. The van der Waals surface area contributed by atoms with E-state index in [9.17, 15) is 4.79 Å². The fraction of sp³-hybridized carbons (Fsp3) is 0. The number of benzene rings is 1. The lowest BCUT2D eigenvalue weighted by Crippen LogP contribution is -2.13. The van der Waals surface area contributed by atoms with Gasteiger partial charge >= 0.3 is 5.56 Å². The Morgan fingerprint density at radius 1 is 1.23 bits per heavy atom. The molecule has 13 heavy (non-hydrogen) atoms. The Hall–Kier alpha value is -1.97. The fourth-order valence-corrected chi connectivity index (χ4v) is 1.13. The maximum Gasteiger partial charge on any atom is 0.313 e. The molecule has 2 N–H and O–H groups in total. The molecular formula is C9H8N2O2. The second-order valence-corrected chi connectivity index (χ2v) is 2.63. The van der Waals surface area contributed by atoms with Crippen LogP contribution < -0.4 is 5.56 Å². The molecule has 0 aliphatic heterocycles. The summed E-state index contributed by atoms with van der Waals surface area (Å²) in [5, 5.41) is 11.7. The average Bonchev–Trinajstić information content (AvgIpc) is 2.49. The highest BCUT2D eigenvalue weighted by Crippen LogP contribution is 2.04. The number of aromatic hydroxyl groups is 1.